The van der Waals surface area contributed by atoms with Gasteiger partial charge in [-0.15, -0.1) is 0 Å². The van der Waals surface area contributed by atoms with Crippen LogP contribution in [-0.4, -0.2) is 10.5 Å². The molecule has 0 N–H and O–H groups in total. The van der Waals surface area contributed by atoms with Crippen molar-refractivity contribution in [2.45, 2.75) is 6.54 Å². The number of ether oxygens (including phenoxy) is 1. The lowest BCUT2D eigenvalue weighted by Gasteiger charge is -2.11. The summed E-state index contributed by atoms with van der Waals surface area (Å²) in [6.45, 7) is 0.619. The van der Waals surface area contributed by atoms with Crippen molar-refractivity contribution in [3.8, 4) is 5.75 Å². The predicted octanol–water partition coefficient (Wildman–Crippen LogP) is 4.91. The second-order valence-electron chi connectivity index (χ2n) is 5.86. The van der Waals surface area contributed by atoms with E-state index in [1.54, 1.807) is 12.1 Å². The molecule has 0 aliphatic heterocycles. The average molecular weight is 327 g/mol. The number of esters is 1. The Morgan fingerprint density at radius 2 is 1.44 bits per heavy atom. The summed E-state index contributed by atoms with van der Waals surface area (Å²) in [5.41, 5.74) is 2.71. The molecule has 4 rings (SSSR count). The quantitative estimate of drug-likeness (QED) is 0.394. The maximum Gasteiger partial charge on any atom is 0.360 e. The smallest absolute Gasteiger partial charge is 0.360 e. The summed E-state index contributed by atoms with van der Waals surface area (Å²) in [7, 11) is 0. The molecule has 0 unspecified atom stereocenters. The first-order valence-corrected chi connectivity index (χ1v) is 8.21. The van der Waals surface area contributed by atoms with Gasteiger partial charge in [-0.05, 0) is 29.8 Å². The zero-order valence-corrected chi connectivity index (χ0v) is 13.6. The molecule has 0 atom stereocenters. The van der Waals surface area contributed by atoms with E-state index in [0.29, 0.717) is 18.0 Å². The molecule has 0 bridgehead atoms. The van der Waals surface area contributed by atoms with Crippen LogP contribution in [0.1, 0.15) is 16.1 Å². The fourth-order valence-electron chi connectivity index (χ4n) is 2.96. The lowest BCUT2D eigenvalue weighted by Crippen LogP contribution is -2.15. The topological polar surface area (TPSA) is 31.2 Å². The van der Waals surface area contributed by atoms with E-state index in [0.717, 1.165) is 16.5 Å². The molecule has 4 aromatic rings. The van der Waals surface area contributed by atoms with Crippen molar-refractivity contribution in [1.82, 2.24) is 4.57 Å². The van der Waals surface area contributed by atoms with Gasteiger partial charge in [-0.1, -0.05) is 66.7 Å². The molecule has 3 heteroatoms. The van der Waals surface area contributed by atoms with Crippen LogP contribution in [0.3, 0.4) is 0 Å². The summed E-state index contributed by atoms with van der Waals surface area (Å²) >= 11 is 0. The monoisotopic (exact) mass is 327 g/mol. The van der Waals surface area contributed by atoms with Gasteiger partial charge in [-0.25, -0.2) is 4.79 Å². The van der Waals surface area contributed by atoms with E-state index < -0.39 is 0 Å². The third-order valence-corrected chi connectivity index (χ3v) is 4.16. The van der Waals surface area contributed by atoms with Crippen LogP contribution in [0.4, 0.5) is 0 Å². The maximum atomic E-state index is 12.8. The first kappa shape index (κ1) is 15.2. The Labute approximate surface area is 146 Å². The van der Waals surface area contributed by atoms with E-state index >= 15 is 0 Å². The van der Waals surface area contributed by atoms with E-state index in [4.69, 9.17) is 4.74 Å². The van der Waals surface area contributed by atoms with Gasteiger partial charge in [-0.3, -0.25) is 0 Å². The van der Waals surface area contributed by atoms with Crippen LogP contribution >= 0.6 is 0 Å². The fourth-order valence-corrected chi connectivity index (χ4v) is 2.96. The number of para-hydroxylation sites is 2. The first-order valence-electron chi connectivity index (χ1n) is 8.21. The summed E-state index contributed by atoms with van der Waals surface area (Å²) in [5, 5.41) is 1.03. The van der Waals surface area contributed by atoms with Gasteiger partial charge >= 0.3 is 5.97 Å². The highest BCUT2D eigenvalue weighted by Crippen LogP contribution is 2.23. The van der Waals surface area contributed by atoms with Crippen molar-refractivity contribution >= 4 is 16.9 Å². The van der Waals surface area contributed by atoms with Crippen LogP contribution in [0.25, 0.3) is 10.9 Å². The van der Waals surface area contributed by atoms with Crippen molar-refractivity contribution in [3.63, 3.8) is 0 Å². The molecule has 0 aliphatic carbocycles. The van der Waals surface area contributed by atoms with Gasteiger partial charge in [0.05, 0.1) is 0 Å². The van der Waals surface area contributed by atoms with Crippen molar-refractivity contribution in [3.05, 3.63) is 102 Å². The van der Waals surface area contributed by atoms with E-state index in [-0.39, 0.29) is 5.97 Å². The molecular weight excluding hydrogens is 310 g/mol. The zero-order valence-electron chi connectivity index (χ0n) is 13.6. The molecule has 3 aromatic carbocycles. The van der Waals surface area contributed by atoms with Gasteiger partial charge in [0.25, 0.3) is 0 Å². The maximum absolute atomic E-state index is 12.8. The minimum absolute atomic E-state index is 0.349. The second-order valence-corrected chi connectivity index (χ2v) is 5.86. The zero-order chi connectivity index (χ0) is 17.1. The van der Waals surface area contributed by atoms with Crippen LogP contribution in [0.2, 0.25) is 0 Å². The Bertz CT molecular complexity index is 1000. The Balaban J connectivity index is 1.74. The lowest BCUT2D eigenvalue weighted by atomic mass is 10.2. The third-order valence-electron chi connectivity index (χ3n) is 4.16. The molecule has 0 spiro atoms. The molecule has 0 fully saturated rings. The van der Waals surface area contributed by atoms with Gasteiger partial charge in [0.2, 0.25) is 0 Å². The van der Waals surface area contributed by atoms with Crippen LogP contribution in [-0.2, 0) is 6.54 Å². The molecule has 0 radical (unpaired) electrons. The van der Waals surface area contributed by atoms with Gasteiger partial charge in [0, 0.05) is 17.4 Å². The van der Waals surface area contributed by atoms with Crippen LogP contribution in [0.5, 0.6) is 5.75 Å². The molecule has 0 aliphatic rings. The SMILES string of the molecule is O=C(Oc1ccccc1)c1cc2ccccc2n1Cc1ccccc1. The number of rotatable bonds is 4. The highest BCUT2D eigenvalue weighted by molar-refractivity contribution is 5.96. The highest BCUT2D eigenvalue weighted by atomic mass is 16.5. The van der Waals surface area contributed by atoms with Crippen molar-refractivity contribution in [2.75, 3.05) is 0 Å². The van der Waals surface area contributed by atoms with Gasteiger partial charge < -0.3 is 9.30 Å². The summed E-state index contributed by atoms with van der Waals surface area (Å²) in [6, 6.07) is 29.1. The molecule has 0 amide bonds. The standard InChI is InChI=1S/C22H17NO2/c24-22(25-19-12-5-2-6-13-19)21-15-18-11-7-8-14-20(18)23(21)16-17-9-3-1-4-10-17/h1-15H,16H2. The number of nitrogens with zero attached hydrogens (tertiary/aromatic N) is 1. The van der Waals surface area contributed by atoms with Crippen molar-refractivity contribution < 1.29 is 9.53 Å². The second kappa shape index (κ2) is 6.65. The summed E-state index contributed by atoms with van der Waals surface area (Å²) < 4.78 is 7.56. The van der Waals surface area contributed by atoms with Crippen LogP contribution in [0, 0.1) is 0 Å². The Hall–Kier alpha value is -3.33. The van der Waals surface area contributed by atoms with Crippen LogP contribution in [0.15, 0.2) is 91.0 Å². The Morgan fingerprint density at radius 1 is 0.800 bits per heavy atom. The van der Waals surface area contributed by atoms with Gasteiger partial charge in [0.15, 0.2) is 0 Å². The lowest BCUT2D eigenvalue weighted by molar-refractivity contribution is 0.0724. The molecule has 0 saturated heterocycles. The summed E-state index contributed by atoms with van der Waals surface area (Å²) in [6.07, 6.45) is 0. The average Bonchev–Trinajstić information content (AvgIpc) is 3.02. The Morgan fingerprint density at radius 3 is 2.20 bits per heavy atom. The largest absolute Gasteiger partial charge is 0.422 e. The van der Waals surface area contributed by atoms with Gasteiger partial charge in [-0.2, -0.15) is 0 Å². The number of hydrogen-bond donors (Lipinski definition) is 0. The number of hydrogen-bond acceptors (Lipinski definition) is 2. The van der Waals surface area contributed by atoms with Crippen LogP contribution < -0.4 is 4.74 Å². The third kappa shape index (κ3) is 3.17. The number of carbonyl (C=O) groups excluding carboxylic acids is 1. The molecule has 0 saturated carbocycles. The predicted molar refractivity (Wildman–Crippen MR) is 98.9 cm³/mol. The first-order chi connectivity index (χ1) is 12.3. The molecular formula is C22H17NO2. The number of benzene rings is 3. The Kier molecular flexibility index (Phi) is 4.05. The van der Waals surface area contributed by atoms with Crippen molar-refractivity contribution in [2.24, 2.45) is 0 Å². The molecule has 3 nitrogen and oxygen atoms in total. The van der Waals surface area contributed by atoms with E-state index in [9.17, 15) is 4.79 Å². The molecule has 122 valence electrons. The molecule has 25 heavy (non-hydrogen) atoms. The highest BCUT2D eigenvalue weighted by Gasteiger charge is 2.17. The minimum Gasteiger partial charge on any atom is -0.422 e. The van der Waals surface area contributed by atoms with Crippen molar-refractivity contribution in [1.29, 1.82) is 0 Å². The van der Waals surface area contributed by atoms with Gasteiger partial charge in [0.1, 0.15) is 11.4 Å². The fraction of sp³-hybridized carbons (Fsp3) is 0.0455. The number of aromatic nitrogens is 1. The number of carbonyl (C=O) groups is 1. The van der Waals surface area contributed by atoms with E-state index in [2.05, 4.69) is 12.1 Å². The summed E-state index contributed by atoms with van der Waals surface area (Å²) in [4.78, 5) is 12.8. The minimum atomic E-state index is -0.349. The molecule has 1 aromatic heterocycles. The number of fused-ring (bicyclic) bond motifs is 1. The van der Waals surface area contributed by atoms with E-state index in [1.807, 2.05) is 71.3 Å². The van der Waals surface area contributed by atoms with E-state index in [1.165, 1.54) is 0 Å². The normalized spacial score (nSPS) is 10.7. The summed E-state index contributed by atoms with van der Waals surface area (Å²) in [5.74, 6) is 0.197. The molecule has 1 heterocycles.